The van der Waals surface area contributed by atoms with Gasteiger partial charge in [0.05, 0.1) is 43.7 Å². The molecule has 9 rings (SSSR count). The number of aliphatic hydroxyl groups is 12. The van der Waals surface area contributed by atoms with Crippen LogP contribution in [0.5, 0.6) is 0 Å². The van der Waals surface area contributed by atoms with E-state index in [9.17, 15) is 79.0 Å². The Hall–Kier alpha value is -1.02. The van der Waals surface area contributed by atoms with E-state index in [2.05, 4.69) is 11.1 Å². The van der Waals surface area contributed by atoms with Gasteiger partial charge in [0.25, 0.3) is 0 Å². The molecular weight excluding hydrogens is 1140 g/mol. The molecule has 28 atom stereocenters. The van der Waals surface area contributed by atoms with E-state index in [-0.39, 0.29) is 54.2 Å². The van der Waals surface area contributed by atoms with E-state index in [1.807, 2.05) is 20.8 Å². The number of carbonyl (C=O) groups excluding carboxylic acids is 1. The van der Waals surface area contributed by atoms with Crippen molar-refractivity contribution in [1.82, 2.24) is 0 Å². The molecule has 3 saturated carbocycles. The first-order valence-corrected chi connectivity index (χ1v) is 29.5. The van der Waals surface area contributed by atoms with Crippen molar-refractivity contribution in [3.05, 3.63) is 23.8 Å². The zero-order chi connectivity index (χ0) is 60.4. The van der Waals surface area contributed by atoms with Crippen LogP contribution in [-0.4, -0.2) is 253 Å². The molecule has 5 aliphatic heterocycles. The number of rotatable bonds is 16. The van der Waals surface area contributed by atoms with Crippen LogP contribution in [0.15, 0.2) is 23.8 Å². The van der Waals surface area contributed by atoms with Gasteiger partial charge in [-0.15, -0.1) is 0 Å². The molecule has 12 N–H and O–H groups in total. The van der Waals surface area contributed by atoms with E-state index in [0.717, 1.165) is 5.57 Å². The molecule has 5 heterocycles. The van der Waals surface area contributed by atoms with Crippen molar-refractivity contribution >= 4 is 16.4 Å². The van der Waals surface area contributed by atoms with Gasteiger partial charge in [0, 0.05) is 13.5 Å². The van der Waals surface area contributed by atoms with Crippen LogP contribution in [0.2, 0.25) is 0 Å². The van der Waals surface area contributed by atoms with Gasteiger partial charge in [-0.25, -0.2) is 8.42 Å². The van der Waals surface area contributed by atoms with E-state index >= 15 is 0 Å². The average Bonchev–Trinajstić information content (AvgIpc) is 1.73. The Morgan fingerprint density at radius 3 is 1.90 bits per heavy atom. The molecule has 0 unspecified atom stereocenters. The molecule has 9 aliphatic rings. The molecule has 83 heavy (non-hydrogen) atoms. The third kappa shape index (κ3) is 11.3. The molecule has 27 nitrogen and oxygen atoms in total. The van der Waals surface area contributed by atoms with E-state index in [0.29, 0.717) is 32.1 Å². The zero-order valence-electron chi connectivity index (χ0n) is 48.5. The number of cyclic esters (lactones) is 1. The van der Waals surface area contributed by atoms with E-state index < -0.39 is 204 Å². The second-order valence-electron chi connectivity index (χ2n) is 26.0. The molecule has 0 bridgehead atoms. The molecule has 0 radical (unpaired) electrons. The molecule has 8 fully saturated rings. The monoisotopic (exact) mass is 1220 g/mol. The number of esters is 1. The number of allylic oxidation sites excluding steroid dienone is 1. The van der Waals surface area contributed by atoms with Crippen molar-refractivity contribution in [2.24, 2.45) is 33.5 Å². The third-order valence-corrected chi connectivity index (χ3v) is 20.9. The summed E-state index contributed by atoms with van der Waals surface area (Å²) < 4.78 is 99.5. The van der Waals surface area contributed by atoms with Gasteiger partial charge in [0.15, 0.2) is 25.2 Å². The number of aliphatic hydroxyl groups excluding tert-OH is 10. The molecular formula is C54H85NaO27S. The van der Waals surface area contributed by atoms with Gasteiger partial charge < -0.3 is 113 Å². The summed E-state index contributed by atoms with van der Waals surface area (Å²) in [5, 5.41) is 135. The number of ether oxygens (including phenoxy) is 10. The van der Waals surface area contributed by atoms with Gasteiger partial charge >= 0.3 is 35.5 Å². The fraction of sp³-hybridized carbons (Fsp3) is 0.907. The summed E-state index contributed by atoms with van der Waals surface area (Å²) in [6, 6.07) is 0. The summed E-state index contributed by atoms with van der Waals surface area (Å²) in [5.41, 5.74) is -7.30. The standard InChI is InChI=1S/C54H86O27S.Na/c1-23-39(77-45-38(64)41(33(59)27(21-56)75-45)78-44-37(63)40(71-9)32(58)26(20-55)74-44)35(61)36(62)43(73-23)79-42-34(60)28(81-82(68,69)70)22-72-46(42)76-31-13-16-50(6)25-19-30(57)54-47(65)80-52(8,15-10-14-48(2,3)66)53(54,67)18-17-51(54,7)24(25)11-12-29(50)49(31,4)5;/h10,14,19,23-24,26-46,55-64,66-67H,11-13,15-18,20-22H2,1-9H3,(H,68,69,70);/q;+1/p-1/b14-10+;/t23-,24-,26-,27-,28-,29+,30+,31+,32-,33-,34+,35-,36-,37-,38-,39-,40+,41+,42-,43+,44+,45+,46+,50-,51+,52+,53+,54-;/m1./s1. The van der Waals surface area contributed by atoms with Gasteiger partial charge in [-0.1, -0.05) is 51.5 Å². The van der Waals surface area contributed by atoms with Crippen LogP contribution in [0.4, 0.5) is 0 Å². The fourth-order valence-corrected chi connectivity index (χ4v) is 16.6. The second-order valence-corrected chi connectivity index (χ2v) is 27.0. The molecule has 0 amide bonds. The molecule has 29 heteroatoms. The van der Waals surface area contributed by atoms with Crippen molar-refractivity contribution < 1.29 is 160 Å². The summed E-state index contributed by atoms with van der Waals surface area (Å²) in [4.78, 5) is 14.5. The molecule has 0 aromatic carbocycles. The number of fused-ring (bicyclic) bond motifs is 4. The van der Waals surface area contributed by atoms with Crippen molar-refractivity contribution in [3.63, 3.8) is 0 Å². The summed E-state index contributed by atoms with van der Waals surface area (Å²) in [6.45, 7) is 12.1. The summed E-state index contributed by atoms with van der Waals surface area (Å²) in [5.74, 6) is -1.07. The van der Waals surface area contributed by atoms with Gasteiger partial charge in [-0.3, -0.25) is 8.98 Å². The predicted molar refractivity (Wildman–Crippen MR) is 273 cm³/mol. The Morgan fingerprint density at radius 2 is 1.31 bits per heavy atom. The Balaban J connectivity index is 0.00000900. The Bertz CT molecular complexity index is 2480. The first-order chi connectivity index (χ1) is 38.1. The van der Waals surface area contributed by atoms with Crippen molar-refractivity contribution in [1.29, 1.82) is 0 Å². The largest absolute Gasteiger partial charge is 1.00 e. The van der Waals surface area contributed by atoms with Crippen LogP contribution in [0.25, 0.3) is 0 Å². The van der Waals surface area contributed by atoms with Crippen LogP contribution >= 0.6 is 0 Å². The quantitative estimate of drug-likeness (QED) is 0.0171. The Labute approximate surface area is 504 Å². The number of hydrogen-bond donors (Lipinski definition) is 12. The maximum Gasteiger partial charge on any atom is 1.00 e. The molecule has 1 spiro atoms. The SMILES string of the molecule is CO[C@@H]1[C@@H](O)[C@H](O[C@@H]2[C@@H](O)[C@H](O[C@H]3[C@H](O)[C@@H](O)[C@H](O[C@H]4[C@H](O[C@H]5CC[C@]6(C)C7=C[C@H](O)[C@]89C(=O)O[C@@](C)(C/C=C/C(C)(C)O)[C@@]8(O)CC[C@@]9(C)[C@@H]7CC[C@H]6C5(C)C)OC[C@@H](OS(=O)(=O)[O-])[C@@H]4O)O[C@@H]3C)O[C@H](CO)[C@H]2O)O[C@H](CO)[C@H]1O.[Na+]. The van der Waals surface area contributed by atoms with Gasteiger partial charge in [0.2, 0.25) is 10.4 Å². The third-order valence-electron chi connectivity index (χ3n) is 20.4. The van der Waals surface area contributed by atoms with E-state index in [1.54, 1.807) is 39.0 Å². The van der Waals surface area contributed by atoms with Crippen LogP contribution in [0.1, 0.15) is 100 Å². The average molecular weight is 1220 g/mol. The molecule has 0 aromatic rings. The topological polar surface area (TPSA) is 419 Å². The maximum absolute atomic E-state index is 14.5. The zero-order valence-corrected chi connectivity index (χ0v) is 51.3. The van der Waals surface area contributed by atoms with E-state index in [1.165, 1.54) is 14.0 Å². The number of carbonyl (C=O) groups is 1. The normalized spacial score (nSPS) is 50.8. The minimum Gasteiger partial charge on any atom is -0.726 e. The Morgan fingerprint density at radius 1 is 0.735 bits per heavy atom. The van der Waals surface area contributed by atoms with Gasteiger partial charge in [-0.2, -0.15) is 0 Å². The molecule has 0 aromatic heterocycles. The Kier molecular flexibility index (Phi) is 19.9. The first-order valence-electron chi connectivity index (χ1n) is 28.2. The summed E-state index contributed by atoms with van der Waals surface area (Å²) >= 11 is 0. The van der Waals surface area contributed by atoms with Crippen LogP contribution in [0.3, 0.4) is 0 Å². The molecule has 5 saturated heterocycles. The van der Waals surface area contributed by atoms with Gasteiger partial charge in [0.1, 0.15) is 102 Å². The van der Waals surface area contributed by atoms with Crippen LogP contribution in [0, 0.1) is 33.5 Å². The minimum atomic E-state index is -5.45. The maximum atomic E-state index is 14.5. The smallest absolute Gasteiger partial charge is 0.726 e. The van der Waals surface area contributed by atoms with Crippen LogP contribution < -0.4 is 29.6 Å². The predicted octanol–water partition coefficient (Wildman–Crippen LogP) is -5.84. The minimum absolute atomic E-state index is 0. The second kappa shape index (κ2) is 24.3. The number of hydrogen-bond acceptors (Lipinski definition) is 27. The van der Waals surface area contributed by atoms with Crippen LogP contribution in [-0.2, 0) is 66.7 Å². The van der Waals surface area contributed by atoms with Crippen molar-refractivity contribution in [3.8, 4) is 0 Å². The summed E-state index contributed by atoms with van der Waals surface area (Å²) in [6.07, 6.45) is -27.0. The number of methoxy groups -OCH3 is 1. The van der Waals surface area contributed by atoms with E-state index in [4.69, 9.17) is 47.4 Å². The van der Waals surface area contributed by atoms with Gasteiger partial charge in [-0.05, 0) is 94.3 Å². The first kappa shape index (κ1) is 67.9. The van der Waals surface area contributed by atoms with Crippen molar-refractivity contribution in [2.75, 3.05) is 26.9 Å². The molecule has 470 valence electrons. The fourth-order valence-electron chi connectivity index (χ4n) is 16.1. The summed E-state index contributed by atoms with van der Waals surface area (Å²) in [7, 11) is -4.28. The molecule has 4 aliphatic carbocycles. The van der Waals surface area contributed by atoms with Crippen molar-refractivity contribution in [2.45, 2.75) is 246 Å².